The fourth-order valence-electron chi connectivity index (χ4n) is 3.66. The van der Waals surface area contributed by atoms with Crippen molar-refractivity contribution in [1.29, 1.82) is 0 Å². The van der Waals surface area contributed by atoms with Gasteiger partial charge in [-0.05, 0) is 30.9 Å². The summed E-state index contributed by atoms with van der Waals surface area (Å²) in [5.74, 6) is 0.978. The minimum absolute atomic E-state index is 0. The van der Waals surface area contributed by atoms with Gasteiger partial charge in [0.1, 0.15) is 5.75 Å². The molecule has 0 fully saturated rings. The molecule has 1 aliphatic heterocycles. The monoisotopic (exact) mass is 354 g/mol. The van der Waals surface area contributed by atoms with Crippen molar-refractivity contribution >= 4 is 28.9 Å². The number of benzene rings is 2. The van der Waals surface area contributed by atoms with Crippen LogP contribution in [0.5, 0.6) is 5.75 Å². The lowest BCUT2D eigenvalue weighted by Gasteiger charge is -2.32. The molecule has 4 heteroatoms. The fraction of sp³-hybridized carbons (Fsp3) is 0.286. The van der Waals surface area contributed by atoms with E-state index in [4.69, 9.17) is 9.72 Å². The lowest BCUT2D eigenvalue weighted by molar-refractivity contribution is 0.409. The largest absolute Gasteiger partial charge is 0.496 e. The van der Waals surface area contributed by atoms with E-state index < -0.39 is 0 Å². The summed E-state index contributed by atoms with van der Waals surface area (Å²) >= 11 is 0. The average molecular weight is 355 g/mol. The first-order chi connectivity index (χ1) is 11.9. The molecule has 4 rings (SSSR count). The SMILES string of the molecule is COc1ccccc1CCN1CCCc2ncc3ccccc3c21.Cl. The number of methoxy groups -OCH3 is 1. The smallest absolute Gasteiger partial charge is 0.122 e. The molecule has 0 aliphatic carbocycles. The number of rotatable bonds is 4. The highest BCUT2D eigenvalue weighted by atomic mass is 35.5. The van der Waals surface area contributed by atoms with E-state index in [9.17, 15) is 0 Å². The average Bonchev–Trinajstić information content (AvgIpc) is 2.66. The van der Waals surface area contributed by atoms with Crippen LogP contribution >= 0.6 is 12.4 Å². The first-order valence-corrected chi connectivity index (χ1v) is 8.60. The Labute approximate surface area is 155 Å². The normalized spacial score (nSPS) is 13.2. The van der Waals surface area contributed by atoms with E-state index in [1.807, 2.05) is 18.3 Å². The van der Waals surface area contributed by atoms with E-state index in [1.54, 1.807) is 7.11 Å². The van der Waals surface area contributed by atoms with Crippen LogP contribution in [0.3, 0.4) is 0 Å². The molecular weight excluding hydrogens is 332 g/mol. The molecule has 0 bridgehead atoms. The Kier molecular flexibility index (Phi) is 5.44. The van der Waals surface area contributed by atoms with Gasteiger partial charge in [-0.3, -0.25) is 4.98 Å². The lowest BCUT2D eigenvalue weighted by atomic mass is 10.0. The van der Waals surface area contributed by atoms with Gasteiger partial charge in [-0.2, -0.15) is 0 Å². The summed E-state index contributed by atoms with van der Waals surface area (Å²) in [6.45, 7) is 2.08. The van der Waals surface area contributed by atoms with Gasteiger partial charge in [0.05, 0.1) is 18.5 Å². The van der Waals surface area contributed by atoms with E-state index >= 15 is 0 Å². The summed E-state index contributed by atoms with van der Waals surface area (Å²) in [4.78, 5) is 7.22. The Morgan fingerprint density at radius 1 is 1.08 bits per heavy atom. The molecule has 25 heavy (non-hydrogen) atoms. The van der Waals surface area contributed by atoms with E-state index in [-0.39, 0.29) is 12.4 Å². The maximum absolute atomic E-state index is 5.49. The molecule has 3 nitrogen and oxygen atoms in total. The second kappa shape index (κ2) is 7.75. The van der Waals surface area contributed by atoms with Crippen molar-refractivity contribution in [2.75, 3.05) is 25.1 Å². The topological polar surface area (TPSA) is 25.4 Å². The van der Waals surface area contributed by atoms with Crippen LogP contribution in [0.25, 0.3) is 10.8 Å². The van der Waals surface area contributed by atoms with Gasteiger partial charge in [-0.15, -0.1) is 12.4 Å². The zero-order valence-corrected chi connectivity index (χ0v) is 15.3. The molecule has 0 N–H and O–H groups in total. The highest BCUT2D eigenvalue weighted by Crippen LogP contribution is 2.33. The van der Waals surface area contributed by atoms with E-state index in [2.05, 4.69) is 41.3 Å². The molecular formula is C21H23ClN2O. The molecule has 3 aromatic rings. The number of aromatic nitrogens is 1. The van der Waals surface area contributed by atoms with E-state index in [1.165, 1.54) is 34.1 Å². The van der Waals surface area contributed by atoms with Gasteiger partial charge in [-0.1, -0.05) is 42.5 Å². The number of pyridine rings is 1. The molecule has 1 aliphatic rings. The molecule has 2 aromatic carbocycles. The minimum Gasteiger partial charge on any atom is -0.496 e. The first kappa shape index (κ1) is 17.6. The summed E-state index contributed by atoms with van der Waals surface area (Å²) in [6.07, 6.45) is 5.24. The third-order valence-electron chi connectivity index (χ3n) is 4.85. The van der Waals surface area contributed by atoms with Crippen molar-refractivity contribution in [3.63, 3.8) is 0 Å². The number of aryl methyl sites for hydroxylation is 1. The number of ether oxygens (including phenoxy) is 1. The molecule has 2 heterocycles. The van der Waals surface area contributed by atoms with Crippen molar-refractivity contribution in [1.82, 2.24) is 4.98 Å². The van der Waals surface area contributed by atoms with Crippen molar-refractivity contribution in [3.8, 4) is 5.75 Å². The van der Waals surface area contributed by atoms with Crippen molar-refractivity contribution in [2.45, 2.75) is 19.3 Å². The highest BCUT2D eigenvalue weighted by Gasteiger charge is 2.20. The van der Waals surface area contributed by atoms with Crippen LogP contribution in [0.2, 0.25) is 0 Å². The van der Waals surface area contributed by atoms with Crippen molar-refractivity contribution < 1.29 is 4.74 Å². The summed E-state index contributed by atoms with van der Waals surface area (Å²) in [5.41, 5.74) is 3.83. The minimum atomic E-state index is 0. The number of para-hydroxylation sites is 1. The van der Waals surface area contributed by atoms with E-state index in [0.29, 0.717) is 0 Å². The van der Waals surface area contributed by atoms with Gasteiger partial charge >= 0.3 is 0 Å². The summed E-state index contributed by atoms with van der Waals surface area (Å²) in [5, 5.41) is 2.54. The molecule has 130 valence electrons. The lowest BCUT2D eigenvalue weighted by Crippen LogP contribution is -2.32. The van der Waals surface area contributed by atoms with Crippen LogP contribution < -0.4 is 9.64 Å². The number of nitrogens with zero attached hydrogens (tertiary/aromatic N) is 2. The molecule has 0 saturated heterocycles. The van der Waals surface area contributed by atoms with Gasteiger partial charge < -0.3 is 9.64 Å². The van der Waals surface area contributed by atoms with Gasteiger partial charge in [0.25, 0.3) is 0 Å². The van der Waals surface area contributed by atoms with Crippen LogP contribution in [0.4, 0.5) is 5.69 Å². The summed E-state index contributed by atoms with van der Waals surface area (Å²) in [6, 6.07) is 16.9. The van der Waals surface area contributed by atoms with Crippen LogP contribution in [-0.4, -0.2) is 25.2 Å². The predicted octanol–water partition coefficient (Wildman–Crippen LogP) is 4.66. The van der Waals surface area contributed by atoms with E-state index in [0.717, 1.165) is 31.7 Å². The first-order valence-electron chi connectivity index (χ1n) is 8.60. The molecule has 0 saturated carbocycles. The molecule has 0 radical (unpaired) electrons. The maximum atomic E-state index is 5.49. The van der Waals surface area contributed by atoms with Crippen LogP contribution in [0.1, 0.15) is 17.7 Å². The Hall–Kier alpha value is -2.26. The number of fused-ring (bicyclic) bond motifs is 3. The standard InChI is InChI=1S/C21H22N2O.ClH/c1-24-20-11-5-3-7-16(20)12-14-23-13-6-10-19-21(23)18-9-4-2-8-17(18)15-22-19;/h2-5,7-9,11,15H,6,10,12-14H2,1H3;1H. The Morgan fingerprint density at radius 3 is 2.76 bits per heavy atom. The number of hydrogen-bond donors (Lipinski definition) is 0. The summed E-state index contributed by atoms with van der Waals surface area (Å²) in [7, 11) is 1.74. The van der Waals surface area contributed by atoms with Crippen LogP contribution in [0.15, 0.2) is 54.7 Å². The Morgan fingerprint density at radius 2 is 1.88 bits per heavy atom. The van der Waals surface area contributed by atoms with Crippen molar-refractivity contribution in [3.05, 3.63) is 66.0 Å². The van der Waals surface area contributed by atoms with Crippen LogP contribution in [-0.2, 0) is 12.8 Å². The zero-order chi connectivity index (χ0) is 16.4. The second-order valence-electron chi connectivity index (χ2n) is 6.29. The molecule has 0 spiro atoms. The van der Waals surface area contributed by atoms with Crippen molar-refractivity contribution in [2.24, 2.45) is 0 Å². The quantitative estimate of drug-likeness (QED) is 0.681. The molecule has 0 atom stereocenters. The molecule has 1 aromatic heterocycles. The fourth-order valence-corrected chi connectivity index (χ4v) is 3.66. The van der Waals surface area contributed by atoms with Gasteiger partial charge in [0, 0.05) is 30.1 Å². The third-order valence-corrected chi connectivity index (χ3v) is 4.85. The molecule has 0 amide bonds. The van der Waals surface area contributed by atoms with Gasteiger partial charge in [0.2, 0.25) is 0 Å². The number of hydrogen-bond acceptors (Lipinski definition) is 3. The predicted molar refractivity (Wildman–Crippen MR) is 106 cm³/mol. The third kappa shape index (κ3) is 3.42. The number of halogens is 1. The number of anilines is 1. The van der Waals surface area contributed by atoms with Gasteiger partial charge in [0.15, 0.2) is 0 Å². The summed E-state index contributed by atoms with van der Waals surface area (Å²) < 4.78 is 5.49. The Balaban J connectivity index is 0.00000182. The second-order valence-corrected chi connectivity index (χ2v) is 6.29. The molecule has 0 unspecified atom stereocenters. The maximum Gasteiger partial charge on any atom is 0.122 e. The van der Waals surface area contributed by atoms with Gasteiger partial charge in [-0.25, -0.2) is 0 Å². The van der Waals surface area contributed by atoms with Crippen LogP contribution in [0, 0.1) is 0 Å². The zero-order valence-electron chi connectivity index (χ0n) is 14.4. The highest BCUT2D eigenvalue weighted by molar-refractivity contribution is 5.95. The Bertz CT molecular complexity index is 865.